The fraction of sp³-hybridized carbons (Fsp3) is 0.222. The van der Waals surface area contributed by atoms with Gasteiger partial charge in [-0.25, -0.2) is 9.50 Å². The first kappa shape index (κ1) is 20.9. The Hall–Kier alpha value is -3.93. The molecule has 0 radical (unpaired) electrons. The molecule has 2 heterocycles. The second-order valence-electron chi connectivity index (χ2n) is 8.25. The summed E-state index contributed by atoms with van der Waals surface area (Å²) in [6.45, 7) is 1.96. The fourth-order valence-electron chi connectivity index (χ4n) is 4.51. The molecule has 6 heteroatoms. The number of fused-ring (bicyclic) bond motifs is 3. The molecule has 0 aliphatic heterocycles. The molecule has 0 saturated heterocycles. The molecule has 33 heavy (non-hydrogen) atoms. The number of ketones is 1. The number of aryl methyl sites for hydroxylation is 1. The molecule has 1 atom stereocenters. The normalized spacial score (nSPS) is 15.7. The Labute approximate surface area is 192 Å². The Morgan fingerprint density at radius 3 is 2.58 bits per heavy atom. The minimum absolute atomic E-state index is 0.106. The van der Waals surface area contributed by atoms with Crippen LogP contribution in [-0.2, 0) is 6.42 Å². The van der Waals surface area contributed by atoms with Gasteiger partial charge in [-0.15, -0.1) is 0 Å². The number of nitrogens with zero attached hydrogens (tertiary/aromatic N) is 3. The van der Waals surface area contributed by atoms with Crippen molar-refractivity contribution < 1.29 is 14.3 Å². The molecule has 4 aromatic rings. The van der Waals surface area contributed by atoms with Crippen molar-refractivity contribution in [3.63, 3.8) is 0 Å². The maximum Gasteiger partial charge on any atom is 0.166 e. The summed E-state index contributed by atoms with van der Waals surface area (Å²) in [5, 5.41) is 4.79. The monoisotopic (exact) mass is 439 g/mol. The Balaban J connectivity index is 1.56. The van der Waals surface area contributed by atoms with Crippen molar-refractivity contribution >= 4 is 17.5 Å². The summed E-state index contributed by atoms with van der Waals surface area (Å²) < 4.78 is 12.7. The highest BCUT2D eigenvalue weighted by molar-refractivity contribution is 5.99. The number of methoxy groups -OCH3 is 2. The first-order valence-electron chi connectivity index (χ1n) is 10.9. The number of aromatic nitrogens is 3. The van der Waals surface area contributed by atoms with Gasteiger partial charge in [-0.3, -0.25) is 4.79 Å². The molecule has 0 saturated carbocycles. The molecule has 0 spiro atoms. The van der Waals surface area contributed by atoms with E-state index in [0.717, 1.165) is 40.1 Å². The van der Waals surface area contributed by atoms with Crippen molar-refractivity contribution in [3.8, 4) is 22.6 Å². The van der Waals surface area contributed by atoms with E-state index in [1.807, 2.05) is 47.8 Å². The summed E-state index contributed by atoms with van der Waals surface area (Å²) in [6, 6.07) is 15.9. The first-order valence-corrected chi connectivity index (χ1v) is 10.9. The largest absolute Gasteiger partial charge is 0.493 e. The van der Waals surface area contributed by atoms with Crippen molar-refractivity contribution in [3.05, 3.63) is 83.3 Å². The van der Waals surface area contributed by atoms with Gasteiger partial charge in [0, 0.05) is 18.2 Å². The lowest BCUT2D eigenvalue weighted by Crippen LogP contribution is -2.22. The highest BCUT2D eigenvalue weighted by Crippen LogP contribution is 2.36. The highest BCUT2D eigenvalue weighted by atomic mass is 16.5. The summed E-state index contributed by atoms with van der Waals surface area (Å²) in [4.78, 5) is 17.6. The summed E-state index contributed by atoms with van der Waals surface area (Å²) in [7, 11) is 3.24. The topological polar surface area (TPSA) is 65.7 Å². The third kappa shape index (κ3) is 3.78. The predicted molar refractivity (Wildman–Crippen MR) is 128 cm³/mol. The quantitative estimate of drug-likeness (QED) is 0.429. The number of carbonyl (C=O) groups is 1. The molecular weight excluding hydrogens is 414 g/mol. The van der Waals surface area contributed by atoms with E-state index < -0.39 is 0 Å². The highest BCUT2D eigenvalue weighted by Gasteiger charge is 2.28. The molecule has 6 nitrogen and oxygen atoms in total. The van der Waals surface area contributed by atoms with Crippen LogP contribution in [0.5, 0.6) is 11.5 Å². The van der Waals surface area contributed by atoms with Gasteiger partial charge in [-0.1, -0.05) is 48.6 Å². The Morgan fingerprint density at radius 1 is 1.03 bits per heavy atom. The smallest absolute Gasteiger partial charge is 0.166 e. The molecule has 2 aromatic carbocycles. The van der Waals surface area contributed by atoms with Gasteiger partial charge >= 0.3 is 0 Å². The molecule has 0 amide bonds. The lowest BCUT2D eigenvalue weighted by atomic mass is 9.86. The molecule has 1 aliphatic rings. The van der Waals surface area contributed by atoms with E-state index in [9.17, 15) is 4.79 Å². The van der Waals surface area contributed by atoms with Crippen molar-refractivity contribution in [2.75, 3.05) is 14.2 Å². The van der Waals surface area contributed by atoms with Gasteiger partial charge in [0.15, 0.2) is 22.9 Å². The fourth-order valence-corrected chi connectivity index (χ4v) is 4.51. The Kier molecular flexibility index (Phi) is 5.42. The third-order valence-corrected chi connectivity index (χ3v) is 6.15. The lowest BCUT2D eigenvalue weighted by molar-refractivity contribution is 0.0957. The standard InChI is InChI=1S/C27H25N3O3/c1-17-26(20-11-12-24(32-2)25(15-20)33-3)27-28-16-21-22(30(27)29-17)13-19(14-23(21)31)10-9-18-7-5-4-6-8-18/h4-12,15-16,19H,13-14H2,1-3H3. The summed E-state index contributed by atoms with van der Waals surface area (Å²) in [6.07, 6.45) is 7.14. The van der Waals surface area contributed by atoms with Crippen molar-refractivity contribution in [1.29, 1.82) is 0 Å². The molecule has 0 fully saturated rings. The molecular formula is C27H25N3O3. The first-order chi connectivity index (χ1) is 16.1. The summed E-state index contributed by atoms with van der Waals surface area (Å²) in [5.74, 6) is 1.53. The van der Waals surface area contributed by atoms with Crippen LogP contribution in [0.25, 0.3) is 22.9 Å². The molecule has 0 N–H and O–H groups in total. The van der Waals surface area contributed by atoms with Crippen LogP contribution in [0.2, 0.25) is 0 Å². The second-order valence-corrected chi connectivity index (χ2v) is 8.25. The number of benzene rings is 2. The van der Waals surface area contributed by atoms with Gasteiger partial charge < -0.3 is 9.47 Å². The van der Waals surface area contributed by atoms with Crippen molar-refractivity contribution in [2.45, 2.75) is 19.8 Å². The lowest BCUT2D eigenvalue weighted by Gasteiger charge is -2.21. The zero-order chi connectivity index (χ0) is 22.9. The van der Waals surface area contributed by atoms with Gasteiger partial charge in [0.25, 0.3) is 0 Å². The van der Waals surface area contributed by atoms with Crippen LogP contribution in [-0.4, -0.2) is 34.6 Å². The van der Waals surface area contributed by atoms with Crippen LogP contribution in [0.1, 0.15) is 33.7 Å². The number of hydrogen-bond donors (Lipinski definition) is 0. The van der Waals surface area contributed by atoms with Gasteiger partial charge in [-0.05, 0) is 42.5 Å². The van der Waals surface area contributed by atoms with E-state index in [1.165, 1.54) is 0 Å². The molecule has 5 rings (SSSR count). The van der Waals surface area contributed by atoms with E-state index in [0.29, 0.717) is 23.5 Å². The van der Waals surface area contributed by atoms with E-state index in [4.69, 9.17) is 14.6 Å². The minimum Gasteiger partial charge on any atom is -0.493 e. The number of rotatable bonds is 5. The molecule has 0 bridgehead atoms. The zero-order valence-electron chi connectivity index (χ0n) is 18.9. The predicted octanol–water partition coefficient (Wildman–Crippen LogP) is 5.18. The molecule has 1 aliphatic carbocycles. The van der Waals surface area contributed by atoms with Gasteiger partial charge in [0.2, 0.25) is 0 Å². The van der Waals surface area contributed by atoms with Gasteiger partial charge in [0.1, 0.15) is 0 Å². The van der Waals surface area contributed by atoms with E-state index in [-0.39, 0.29) is 11.7 Å². The maximum absolute atomic E-state index is 12.9. The second kappa shape index (κ2) is 8.54. The Morgan fingerprint density at radius 2 is 1.82 bits per heavy atom. The number of hydrogen-bond acceptors (Lipinski definition) is 5. The third-order valence-electron chi connectivity index (χ3n) is 6.15. The van der Waals surface area contributed by atoms with Crippen LogP contribution < -0.4 is 9.47 Å². The summed E-state index contributed by atoms with van der Waals surface area (Å²) >= 11 is 0. The van der Waals surface area contributed by atoms with E-state index in [2.05, 4.69) is 29.3 Å². The number of allylic oxidation sites excluding steroid dienone is 1. The van der Waals surface area contributed by atoms with Crippen LogP contribution in [0, 0.1) is 12.8 Å². The Bertz CT molecular complexity index is 1370. The van der Waals surface area contributed by atoms with Crippen molar-refractivity contribution in [2.24, 2.45) is 5.92 Å². The molecule has 2 aromatic heterocycles. The van der Waals surface area contributed by atoms with E-state index >= 15 is 0 Å². The minimum atomic E-state index is 0.106. The average Bonchev–Trinajstić information content (AvgIpc) is 3.19. The van der Waals surface area contributed by atoms with Crippen LogP contribution in [0.4, 0.5) is 0 Å². The van der Waals surface area contributed by atoms with Gasteiger partial charge in [0.05, 0.1) is 31.2 Å². The van der Waals surface area contributed by atoms with Gasteiger partial charge in [-0.2, -0.15) is 5.10 Å². The SMILES string of the molecule is COc1ccc(-c2c(C)nn3c4c(cnc23)C(=O)CC(C=Cc2ccccc2)C4)cc1OC. The number of carbonyl (C=O) groups excluding carboxylic acids is 1. The zero-order valence-corrected chi connectivity index (χ0v) is 18.9. The van der Waals surface area contributed by atoms with E-state index in [1.54, 1.807) is 20.4 Å². The number of ether oxygens (including phenoxy) is 2. The van der Waals surface area contributed by atoms with Crippen LogP contribution in [0.3, 0.4) is 0 Å². The van der Waals surface area contributed by atoms with Crippen LogP contribution >= 0.6 is 0 Å². The molecule has 166 valence electrons. The van der Waals surface area contributed by atoms with Crippen LogP contribution in [0.15, 0.2) is 60.8 Å². The number of Topliss-reactive ketones (excluding diaryl/α,β-unsaturated/α-hetero) is 1. The average molecular weight is 440 g/mol. The molecule has 1 unspecified atom stereocenters. The summed E-state index contributed by atoms with van der Waals surface area (Å²) in [5.41, 5.74) is 6.14. The van der Waals surface area contributed by atoms with Crippen molar-refractivity contribution in [1.82, 2.24) is 14.6 Å². The maximum atomic E-state index is 12.9.